The van der Waals surface area contributed by atoms with E-state index in [2.05, 4.69) is 12.2 Å². The molecule has 0 radical (unpaired) electrons. The lowest BCUT2D eigenvalue weighted by atomic mass is 10.0. The van der Waals surface area contributed by atoms with Crippen molar-refractivity contribution >= 4 is 5.97 Å². The molecule has 0 aliphatic heterocycles. The highest BCUT2D eigenvalue weighted by atomic mass is 16.4. The highest BCUT2D eigenvalue weighted by Gasteiger charge is 2.38. The van der Waals surface area contributed by atoms with Crippen LogP contribution in [0.1, 0.15) is 33.6 Å². The van der Waals surface area contributed by atoms with E-state index in [1.807, 2.05) is 13.8 Å². The molecule has 3 nitrogen and oxygen atoms in total. The van der Waals surface area contributed by atoms with Gasteiger partial charge in [-0.25, -0.2) is 0 Å². The fraction of sp³-hybridized carbons (Fsp3) is 0.900. The van der Waals surface area contributed by atoms with E-state index in [4.69, 9.17) is 5.11 Å². The van der Waals surface area contributed by atoms with E-state index >= 15 is 0 Å². The summed E-state index contributed by atoms with van der Waals surface area (Å²) in [7, 11) is 0. The van der Waals surface area contributed by atoms with Crippen molar-refractivity contribution in [3.8, 4) is 0 Å². The topological polar surface area (TPSA) is 49.3 Å². The summed E-state index contributed by atoms with van der Waals surface area (Å²) in [6.45, 7) is 6.89. The van der Waals surface area contributed by atoms with Crippen LogP contribution < -0.4 is 5.32 Å². The monoisotopic (exact) mass is 185 g/mol. The molecule has 0 aromatic rings. The van der Waals surface area contributed by atoms with Crippen LogP contribution in [0, 0.1) is 11.3 Å². The third kappa shape index (κ3) is 2.99. The lowest BCUT2D eigenvalue weighted by Gasteiger charge is -2.20. The molecule has 0 heterocycles. The second-order valence-electron chi connectivity index (χ2n) is 4.75. The van der Waals surface area contributed by atoms with E-state index in [0.717, 1.165) is 6.54 Å². The SMILES string of the molecule is CC(C)C(NCC1(C)CC1)C(=O)O. The van der Waals surface area contributed by atoms with Crippen molar-refractivity contribution in [1.29, 1.82) is 0 Å². The highest BCUT2D eigenvalue weighted by Crippen LogP contribution is 2.44. The standard InChI is InChI=1S/C10H19NO2/c1-7(2)8(9(12)13)11-6-10(3)4-5-10/h7-8,11H,4-6H2,1-3H3,(H,12,13). The molecule has 1 unspecified atom stereocenters. The van der Waals surface area contributed by atoms with Gasteiger partial charge in [0, 0.05) is 6.54 Å². The molecule has 0 bridgehead atoms. The first kappa shape index (κ1) is 10.5. The average Bonchev–Trinajstić information content (AvgIpc) is 2.67. The zero-order valence-electron chi connectivity index (χ0n) is 8.63. The maximum atomic E-state index is 10.8. The van der Waals surface area contributed by atoms with Gasteiger partial charge in [-0.3, -0.25) is 4.79 Å². The van der Waals surface area contributed by atoms with Gasteiger partial charge in [-0.05, 0) is 24.2 Å². The van der Waals surface area contributed by atoms with Gasteiger partial charge in [0.25, 0.3) is 0 Å². The molecule has 76 valence electrons. The van der Waals surface area contributed by atoms with Crippen molar-refractivity contribution in [2.45, 2.75) is 39.7 Å². The summed E-state index contributed by atoms with van der Waals surface area (Å²) in [5.74, 6) is -0.584. The lowest BCUT2D eigenvalue weighted by Crippen LogP contribution is -2.43. The number of carboxylic acid groups (broad SMARTS) is 1. The Hall–Kier alpha value is -0.570. The van der Waals surface area contributed by atoms with Crippen molar-refractivity contribution in [1.82, 2.24) is 5.32 Å². The van der Waals surface area contributed by atoms with Crippen LogP contribution in [0.15, 0.2) is 0 Å². The third-order valence-electron chi connectivity index (χ3n) is 2.79. The summed E-state index contributed by atoms with van der Waals surface area (Å²) in [6, 6.07) is -0.391. The number of carbonyl (C=O) groups is 1. The summed E-state index contributed by atoms with van der Waals surface area (Å²) in [5, 5.41) is 12.0. The molecule has 0 aromatic heterocycles. The van der Waals surface area contributed by atoms with Gasteiger partial charge in [0.2, 0.25) is 0 Å². The normalized spacial score (nSPS) is 21.5. The number of aliphatic carboxylic acids is 1. The van der Waals surface area contributed by atoms with Crippen LogP contribution in [0.3, 0.4) is 0 Å². The zero-order chi connectivity index (χ0) is 10.1. The Bertz CT molecular complexity index is 197. The minimum Gasteiger partial charge on any atom is -0.480 e. The molecule has 2 N–H and O–H groups in total. The Morgan fingerprint density at radius 2 is 2.08 bits per heavy atom. The minimum absolute atomic E-state index is 0.153. The van der Waals surface area contributed by atoms with Gasteiger partial charge in [-0.15, -0.1) is 0 Å². The molecular weight excluding hydrogens is 166 g/mol. The number of rotatable bonds is 5. The van der Waals surface area contributed by atoms with Crippen molar-refractivity contribution in [2.75, 3.05) is 6.54 Å². The van der Waals surface area contributed by atoms with E-state index in [9.17, 15) is 4.79 Å². The number of nitrogens with one attached hydrogen (secondary N) is 1. The van der Waals surface area contributed by atoms with Crippen LogP contribution in [0.5, 0.6) is 0 Å². The molecule has 1 atom stereocenters. The summed E-state index contributed by atoms with van der Waals surface area (Å²) in [6.07, 6.45) is 2.45. The predicted molar refractivity (Wildman–Crippen MR) is 51.6 cm³/mol. The van der Waals surface area contributed by atoms with Crippen LogP contribution in [0.2, 0.25) is 0 Å². The van der Waals surface area contributed by atoms with Crippen LogP contribution in [0.4, 0.5) is 0 Å². The third-order valence-corrected chi connectivity index (χ3v) is 2.79. The largest absolute Gasteiger partial charge is 0.480 e. The Morgan fingerprint density at radius 3 is 2.38 bits per heavy atom. The Morgan fingerprint density at radius 1 is 1.54 bits per heavy atom. The smallest absolute Gasteiger partial charge is 0.320 e. The predicted octanol–water partition coefficient (Wildman–Crippen LogP) is 1.49. The van der Waals surface area contributed by atoms with Crippen molar-refractivity contribution in [3.05, 3.63) is 0 Å². The molecular formula is C10H19NO2. The summed E-state index contributed by atoms with van der Waals surface area (Å²) in [4.78, 5) is 10.8. The summed E-state index contributed by atoms with van der Waals surface area (Å²) >= 11 is 0. The van der Waals surface area contributed by atoms with Gasteiger partial charge in [0.1, 0.15) is 6.04 Å². The molecule has 0 amide bonds. The molecule has 0 aromatic carbocycles. The lowest BCUT2D eigenvalue weighted by molar-refractivity contribution is -0.140. The second-order valence-corrected chi connectivity index (χ2v) is 4.75. The van der Waals surface area contributed by atoms with E-state index in [0.29, 0.717) is 5.41 Å². The van der Waals surface area contributed by atoms with Gasteiger partial charge in [-0.2, -0.15) is 0 Å². The average molecular weight is 185 g/mol. The molecule has 1 rings (SSSR count). The first-order valence-electron chi connectivity index (χ1n) is 4.91. The number of carboxylic acids is 1. The van der Waals surface area contributed by atoms with Gasteiger partial charge in [0.05, 0.1) is 0 Å². The first-order chi connectivity index (χ1) is 5.94. The van der Waals surface area contributed by atoms with E-state index in [1.54, 1.807) is 0 Å². The van der Waals surface area contributed by atoms with Crippen LogP contribution in [0.25, 0.3) is 0 Å². The molecule has 0 spiro atoms. The van der Waals surface area contributed by atoms with E-state index in [-0.39, 0.29) is 5.92 Å². The quantitative estimate of drug-likeness (QED) is 0.682. The van der Waals surface area contributed by atoms with Gasteiger partial charge in [-0.1, -0.05) is 20.8 Å². The van der Waals surface area contributed by atoms with Gasteiger partial charge in [0.15, 0.2) is 0 Å². The van der Waals surface area contributed by atoms with Crippen molar-refractivity contribution in [3.63, 3.8) is 0 Å². The van der Waals surface area contributed by atoms with Crippen molar-refractivity contribution in [2.24, 2.45) is 11.3 Å². The van der Waals surface area contributed by atoms with Gasteiger partial charge < -0.3 is 10.4 Å². The van der Waals surface area contributed by atoms with Crippen LogP contribution in [-0.2, 0) is 4.79 Å². The Labute approximate surface area is 79.5 Å². The molecule has 13 heavy (non-hydrogen) atoms. The Kier molecular flexibility index (Phi) is 2.96. The molecule has 1 aliphatic carbocycles. The Balaban J connectivity index is 2.34. The van der Waals surface area contributed by atoms with E-state index in [1.165, 1.54) is 12.8 Å². The molecule has 0 saturated heterocycles. The van der Waals surface area contributed by atoms with Crippen molar-refractivity contribution < 1.29 is 9.90 Å². The minimum atomic E-state index is -0.737. The fourth-order valence-electron chi connectivity index (χ4n) is 1.35. The summed E-state index contributed by atoms with van der Waals surface area (Å²) in [5.41, 5.74) is 0.378. The molecule has 1 saturated carbocycles. The molecule has 1 fully saturated rings. The van der Waals surface area contributed by atoms with Crippen LogP contribution >= 0.6 is 0 Å². The van der Waals surface area contributed by atoms with Crippen LogP contribution in [-0.4, -0.2) is 23.7 Å². The molecule has 1 aliphatic rings. The maximum absolute atomic E-state index is 10.8. The second kappa shape index (κ2) is 3.66. The maximum Gasteiger partial charge on any atom is 0.320 e. The van der Waals surface area contributed by atoms with Gasteiger partial charge >= 0.3 is 5.97 Å². The van der Waals surface area contributed by atoms with E-state index < -0.39 is 12.0 Å². The fourth-order valence-corrected chi connectivity index (χ4v) is 1.35. The first-order valence-corrected chi connectivity index (χ1v) is 4.91. The highest BCUT2D eigenvalue weighted by molar-refractivity contribution is 5.73. The molecule has 3 heteroatoms. The number of hydrogen-bond donors (Lipinski definition) is 2. The summed E-state index contributed by atoms with van der Waals surface area (Å²) < 4.78 is 0. The zero-order valence-corrected chi connectivity index (χ0v) is 8.63. The number of hydrogen-bond acceptors (Lipinski definition) is 2.